The molecular formula is C11H10N2O. The third-order valence-corrected chi connectivity index (χ3v) is 1.77. The first-order chi connectivity index (χ1) is 6.77. The van der Waals surface area contributed by atoms with Crippen molar-refractivity contribution >= 4 is 0 Å². The third kappa shape index (κ3) is 2.50. The van der Waals surface area contributed by atoms with Crippen molar-refractivity contribution < 1.29 is 0 Å². The molecule has 0 saturated heterocycles. The summed E-state index contributed by atoms with van der Waals surface area (Å²) in [6.07, 6.45) is 2.19. The van der Waals surface area contributed by atoms with Crippen LogP contribution in [0.15, 0.2) is 23.1 Å². The highest BCUT2D eigenvalue weighted by Crippen LogP contribution is 1.93. The fourth-order valence-corrected chi connectivity index (χ4v) is 1.07. The van der Waals surface area contributed by atoms with Crippen molar-refractivity contribution in [2.45, 2.75) is 19.9 Å². The summed E-state index contributed by atoms with van der Waals surface area (Å²) in [7, 11) is 0. The van der Waals surface area contributed by atoms with Crippen LogP contribution in [0.2, 0.25) is 0 Å². The fourth-order valence-electron chi connectivity index (χ4n) is 1.07. The molecule has 0 aliphatic carbocycles. The molecule has 0 radical (unpaired) electrons. The second kappa shape index (κ2) is 4.89. The van der Waals surface area contributed by atoms with Crippen LogP contribution in [0.4, 0.5) is 0 Å². The van der Waals surface area contributed by atoms with Gasteiger partial charge in [-0.05, 0) is 13.0 Å². The Morgan fingerprint density at radius 3 is 2.93 bits per heavy atom. The summed E-state index contributed by atoms with van der Waals surface area (Å²) in [5.41, 5.74) is 0.399. The predicted octanol–water partition coefficient (Wildman–Crippen LogP) is 1.13. The van der Waals surface area contributed by atoms with Crippen LogP contribution in [-0.4, -0.2) is 4.57 Å². The van der Waals surface area contributed by atoms with Crippen LogP contribution in [0.5, 0.6) is 0 Å². The number of hydrogen-bond acceptors (Lipinski definition) is 2. The van der Waals surface area contributed by atoms with Crippen LogP contribution < -0.4 is 5.56 Å². The zero-order chi connectivity index (χ0) is 10.4. The van der Waals surface area contributed by atoms with Crippen molar-refractivity contribution in [3.8, 4) is 17.9 Å². The lowest BCUT2D eigenvalue weighted by Gasteiger charge is -2.01. The monoisotopic (exact) mass is 186 g/mol. The molecule has 1 rings (SSSR count). The van der Waals surface area contributed by atoms with E-state index in [-0.39, 0.29) is 5.56 Å². The van der Waals surface area contributed by atoms with E-state index in [0.29, 0.717) is 18.5 Å². The zero-order valence-corrected chi connectivity index (χ0v) is 7.95. The van der Waals surface area contributed by atoms with E-state index in [2.05, 4.69) is 11.8 Å². The minimum Gasteiger partial charge on any atom is -0.313 e. The highest BCUT2D eigenvalue weighted by atomic mass is 16.1. The molecule has 1 aromatic rings. The molecule has 3 nitrogen and oxygen atoms in total. The molecule has 0 unspecified atom stereocenters. The Morgan fingerprint density at radius 1 is 1.50 bits per heavy atom. The minimum atomic E-state index is -0.0955. The summed E-state index contributed by atoms with van der Waals surface area (Å²) in [5.74, 6) is 5.62. The SMILES string of the molecule is CC#CCCn1cc(C#N)ccc1=O. The highest BCUT2D eigenvalue weighted by Gasteiger charge is 1.96. The number of rotatable bonds is 2. The largest absolute Gasteiger partial charge is 0.313 e. The average Bonchev–Trinajstić information content (AvgIpc) is 2.21. The molecule has 0 spiro atoms. The zero-order valence-electron chi connectivity index (χ0n) is 7.95. The van der Waals surface area contributed by atoms with Gasteiger partial charge in [0.25, 0.3) is 5.56 Å². The van der Waals surface area contributed by atoms with Crippen LogP contribution in [-0.2, 0) is 6.54 Å². The maximum atomic E-state index is 11.3. The van der Waals surface area contributed by atoms with Crippen molar-refractivity contribution in [1.29, 1.82) is 5.26 Å². The molecular weight excluding hydrogens is 176 g/mol. The summed E-state index contributed by atoms with van der Waals surface area (Å²) in [6, 6.07) is 4.91. The first-order valence-electron chi connectivity index (χ1n) is 4.28. The topological polar surface area (TPSA) is 45.8 Å². The van der Waals surface area contributed by atoms with Crippen molar-refractivity contribution in [1.82, 2.24) is 4.57 Å². The van der Waals surface area contributed by atoms with Crippen LogP contribution >= 0.6 is 0 Å². The third-order valence-electron chi connectivity index (χ3n) is 1.77. The quantitative estimate of drug-likeness (QED) is 0.650. The molecule has 0 aliphatic rings. The molecule has 0 atom stereocenters. The molecule has 70 valence electrons. The maximum Gasteiger partial charge on any atom is 0.250 e. The van der Waals surface area contributed by atoms with Crippen LogP contribution in [0.25, 0.3) is 0 Å². The van der Waals surface area contributed by atoms with Gasteiger partial charge in [-0.2, -0.15) is 5.26 Å². The molecule has 0 amide bonds. The first-order valence-corrected chi connectivity index (χ1v) is 4.28. The van der Waals surface area contributed by atoms with Crippen molar-refractivity contribution in [2.24, 2.45) is 0 Å². The molecule has 14 heavy (non-hydrogen) atoms. The lowest BCUT2D eigenvalue weighted by Crippen LogP contribution is -2.18. The molecule has 3 heteroatoms. The van der Waals surface area contributed by atoms with E-state index in [4.69, 9.17) is 5.26 Å². The fraction of sp³-hybridized carbons (Fsp3) is 0.273. The summed E-state index contributed by atoms with van der Waals surface area (Å²) in [6.45, 7) is 2.30. The summed E-state index contributed by atoms with van der Waals surface area (Å²) in [5, 5.41) is 8.63. The Kier molecular flexibility index (Phi) is 3.52. The van der Waals surface area contributed by atoms with Gasteiger partial charge >= 0.3 is 0 Å². The van der Waals surface area contributed by atoms with Gasteiger partial charge in [-0.3, -0.25) is 4.79 Å². The van der Waals surface area contributed by atoms with E-state index in [1.165, 1.54) is 16.7 Å². The lowest BCUT2D eigenvalue weighted by molar-refractivity contribution is 0.688. The second-order valence-electron chi connectivity index (χ2n) is 2.74. The number of hydrogen-bond donors (Lipinski definition) is 0. The van der Waals surface area contributed by atoms with Gasteiger partial charge in [-0.25, -0.2) is 0 Å². The van der Waals surface area contributed by atoms with E-state index in [1.807, 2.05) is 6.07 Å². The van der Waals surface area contributed by atoms with E-state index in [0.717, 1.165) is 0 Å². The molecule has 1 aromatic heterocycles. The van der Waals surface area contributed by atoms with Crippen molar-refractivity contribution in [3.63, 3.8) is 0 Å². The highest BCUT2D eigenvalue weighted by molar-refractivity contribution is 5.24. The Hall–Kier alpha value is -2.00. The molecule has 0 saturated carbocycles. The summed E-state index contributed by atoms with van der Waals surface area (Å²) < 4.78 is 1.50. The van der Waals surface area contributed by atoms with E-state index in [1.54, 1.807) is 13.1 Å². The molecule has 1 heterocycles. The summed E-state index contributed by atoms with van der Waals surface area (Å²) in [4.78, 5) is 11.3. The van der Waals surface area contributed by atoms with Gasteiger partial charge < -0.3 is 4.57 Å². The normalized spacial score (nSPS) is 8.57. The first kappa shape index (κ1) is 10.1. The Labute approximate surface area is 82.6 Å². The molecule has 0 fully saturated rings. The van der Waals surface area contributed by atoms with Gasteiger partial charge in [0.15, 0.2) is 0 Å². The standard InChI is InChI=1S/C11H10N2O/c1-2-3-4-7-13-9-10(8-12)5-6-11(13)14/h5-6,9H,4,7H2,1H3. The summed E-state index contributed by atoms with van der Waals surface area (Å²) >= 11 is 0. The molecule has 0 N–H and O–H groups in total. The van der Waals surface area contributed by atoms with Crippen LogP contribution in [0.1, 0.15) is 18.9 Å². The van der Waals surface area contributed by atoms with E-state index in [9.17, 15) is 4.79 Å². The number of pyridine rings is 1. The van der Waals surface area contributed by atoms with Gasteiger partial charge in [-0.1, -0.05) is 0 Å². The lowest BCUT2D eigenvalue weighted by atomic mass is 10.3. The Balaban J connectivity index is 2.89. The maximum absolute atomic E-state index is 11.3. The van der Waals surface area contributed by atoms with E-state index >= 15 is 0 Å². The second-order valence-corrected chi connectivity index (χ2v) is 2.74. The van der Waals surface area contributed by atoms with Crippen LogP contribution in [0, 0.1) is 23.2 Å². The van der Waals surface area contributed by atoms with Gasteiger partial charge in [-0.15, -0.1) is 11.8 Å². The van der Waals surface area contributed by atoms with Crippen molar-refractivity contribution in [2.75, 3.05) is 0 Å². The van der Waals surface area contributed by atoms with Gasteiger partial charge in [0, 0.05) is 25.2 Å². The van der Waals surface area contributed by atoms with Gasteiger partial charge in [0.1, 0.15) is 6.07 Å². The average molecular weight is 186 g/mol. The Bertz CT molecular complexity index is 469. The van der Waals surface area contributed by atoms with E-state index < -0.39 is 0 Å². The smallest absolute Gasteiger partial charge is 0.250 e. The molecule has 0 bridgehead atoms. The Morgan fingerprint density at radius 2 is 2.29 bits per heavy atom. The number of nitrogens with zero attached hydrogens (tertiary/aromatic N) is 2. The number of nitriles is 1. The number of aryl methyl sites for hydroxylation is 1. The van der Waals surface area contributed by atoms with Gasteiger partial charge in [0.2, 0.25) is 0 Å². The predicted molar refractivity (Wildman–Crippen MR) is 53.5 cm³/mol. The van der Waals surface area contributed by atoms with Crippen molar-refractivity contribution in [3.05, 3.63) is 34.2 Å². The van der Waals surface area contributed by atoms with Crippen LogP contribution in [0.3, 0.4) is 0 Å². The minimum absolute atomic E-state index is 0.0955. The molecule has 0 aromatic carbocycles. The van der Waals surface area contributed by atoms with Gasteiger partial charge in [0.05, 0.1) is 5.56 Å². The molecule has 0 aliphatic heterocycles. The number of aromatic nitrogens is 1.